The van der Waals surface area contributed by atoms with E-state index in [0.29, 0.717) is 23.0 Å². The predicted molar refractivity (Wildman–Crippen MR) is 104 cm³/mol. The minimum absolute atomic E-state index is 0.0574. The molecule has 0 bridgehead atoms. The van der Waals surface area contributed by atoms with Crippen molar-refractivity contribution in [1.29, 1.82) is 0 Å². The van der Waals surface area contributed by atoms with Crippen LogP contribution in [0.1, 0.15) is 28.8 Å². The van der Waals surface area contributed by atoms with Crippen LogP contribution in [0.2, 0.25) is 0 Å². The van der Waals surface area contributed by atoms with Crippen molar-refractivity contribution in [3.63, 3.8) is 0 Å². The van der Waals surface area contributed by atoms with Crippen LogP contribution >= 0.6 is 23.1 Å². The summed E-state index contributed by atoms with van der Waals surface area (Å²) in [7, 11) is 1.28. The second kappa shape index (κ2) is 9.07. The van der Waals surface area contributed by atoms with Gasteiger partial charge in [-0.05, 0) is 31.4 Å². The number of aryl methyl sites for hydroxylation is 1. The third kappa shape index (κ3) is 4.45. The third-order valence-corrected chi connectivity index (χ3v) is 5.61. The molecule has 0 spiro atoms. The van der Waals surface area contributed by atoms with E-state index in [2.05, 4.69) is 14.9 Å². The van der Waals surface area contributed by atoms with Gasteiger partial charge in [0.2, 0.25) is 5.76 Å². The topological polar surface area (TPSA) is 96.5 Å². The summed E-state index contributed by atoms with van der Waals surface area (Å²) >= 11 is 2.85. The molecule has 0 saturated heterocycles. The molecule has 0 aliphatic heterocycles. The van der Waals surface area contributed by atoms with Crippen LogP contribution < -0.4 is 0 Å². The molecule has 10 heteroatoms. The van der Waals surface area contributed by atoms with Crippen molar-refractivity contribution in [1.82, 2.24) is 14.8 Å². The van der Waals surface area contributed by atoms with Gasteiger partial charge in [0, 0.05) is 12.1 Å². The van der Waals surface area contributed by atoms with Crippen molar-refractivity contribution in [2.45, 2.75) is 32.2 Å². The van der Waals surface area contributed by atoms with E-state index in [-0.39, 0.29) is 18.1 Å². The molecular formula is C18H19N3O5S2. The van der Waals surface area contributed by atoms with Crippen LogP contribution in [-0.4, -0.2) is 39.6 Å². The van der Waals surface area contributed by atoms with Gasteiger partial charge in [-0.2, -0.15) is 0 Å². The number of carbonyl (C=O) groups excluding carboxylic acids is 2. The molecule has 0 saturated carbocycles. The predicted octanol–water partition coefficient (Wildman–Crippen LogP) is 3.55. The summed E-state index contributed by atoms with van der Waals surface area (Å²) in [4.78, 5) is 24.7. The highest BCUT2D eigenvalue weighted by molar-refractivity contribution is 7.99. The summed E-state index contributed by atoms with van der Waals surface area (Å²) in [5.74, 6) is 0.391. The zero-order valence-electron chi connectivity index (χ0n) is 15.6. The fourth-order valence-corrected chi connectivity index (χ4v) is 4.02. The monoisotopic (exact) mass is 421 g/mol. The van der Waals surface area contributed by atoms with Crippen molar-refractivity contribution in [3.05, 3.63) is 40.7 Å². The van der Waals surface area contributed by atoms with Gasteiger partial charge in [-0.25, -0.2) is 4.79 Å². The number of rotatable bonds is 8. The zero-order chi connectivity index (χ0) is 20.1. The Hall–Kier alpha value is -2.59. The van der Waals surface area contributed by atoms with Crippen LogP contribution in [0.3, 0.4) is 0 Å². The molecule has 0 aliphatic rings. The van der Waals surface area contributed by atoms with Gasteiger partial charge in [0.05, 0.1) is 17.7 Å². The molecule has 3 heterocycles. The van der Waals surface area contributed by atoms with Crippen LogP contribution in [0.25, 0.3) is 10.7 Å². The van der Waals surface area contributed by atoms with Crippen molar-refractivity contribution in [2.24, 2.45) is 0 Å². The van der Waals surface area contributed by atoms with Gasteiger partial charge < -0.3 is 18.5 Å². The van der Waals surface area contributed by atoms with Crippen molar-refractivity contribution >= 4 is 35.0 Å². The van der Waals surface area contributed by atoms with Crippen LogP contribution in [0.5, 0.6) is 0 Å². The van der Waals surface area contributed by atoms with E-state index >= 15 is 0 Å². The maximum Gasteiger partial charge on any atom is 0.374 e. The number of thioether (sulfide) groups is 1. The highest BCUT2D eigenvalue weighted by Crippen LogP contribution is 2.27. The summed E-state index contributed by atoms with van der Waals surface area (Å²) < 4.78 is 17.2. The number of esters is 2. The first-order valence-corrected chi connectivity index (χ1v) is 10.3. The summed E-state index contributed by atoms with van der Waals surface area (Å²) in [6.45, 7) is 4.36. The van der Waals surface area contributed by atoms with Crippen molar-refractivity contribution < 1.29 is 23.5 Å². The van der Waals surface area contributed by atoms with E-state index in [1.165, 1.54) is 18.9 Å². The lowest BCUT2D eigenvalue weighted by molar-refractivity contribution is -0.142. The first kappa shape index (κ1) is 20.2. The molecule has 148 valence electrons. The lowest BCUT2D eigenvalue weighted by atomic mass is 10.3. The fourth-order valence-electron chi connectivity index (χ4n) is 2.50. The van der Waals surface area contributed by atoms with Crippen LogP contribution in [-0.2, 0) is 27.4 Å². The molecule has 0 amide bonds. The van der Waals surface area contributed by atoms with Gasteiger partial charge in [0.1, 0.15) is 12.4 Å². The van der Waals surface area contributed by atoms with E-state index in [9.17, 15) is 9.59 Å². The second-order valence-electron chi connectivity index (χ2n) is 5.69. The van der Waals surface area contributed by atoms with Crippen LogP contribution in [0.4, 0.5) is 0 Å². The van der Waals surface area contributed by atoms with Crippen molar-refractivity contribution in [3.8, 4) is 10.7 Å². The molecular weight excluding hydrogens is 402 g/mol. The first-order valence-electron chi connectivity index (χ1n) is 8.46. The highest BCUT2D eigenvalue weighted by Gasteiger charge is 2.18. The van der Waals surface area contributed by atoms with Gasteiger partial charge in [-0.1, -0.05) is 17.8 Å². The number of hydrogen-bond acceptors (Lipinski definition) is 9. The maximum atomic E-state index is 12.1. The number of hydrogen-bond donors (Lipinski definition) is 0. The van der Waals surface area contributed by atoms with Gasteiger partial charge in [0.25, 0.3) is 0 Å². The number of nitrogens with zero attached hydrogens (tertiary/aromatic N) is 3. The minimum atomic E-state index is -0.564. The third-order valence-electron chi connectivity index (χ3n) is 3.81. The lowest BCUT2D eigenvalue weighted by Gasteiger charge is -2.06. The normalized spacial score (nSPS) is 10.8. The molecule has 0 unspecified atom stereocenters. The first-order chi connectivity index (χ1) is 13.5. The van der Waals surface area contributed by atoms with Crippen molar-refractivity contribution in [2.75, 3.05) is 12.9 Å². The molecule has 3 rings (SSSR count). The molecule has 3 aromatic rings. The van der Waals surface area contributed by atoms with Gasteiger partial charge in [-0.3, -0.25) is 4.79 Å². The Labute approximate surface area is 169 Å². The van der Waals surface area contributed by atoms with E-state index in [1.807, 2.05) is 29.0 Å². The summed E-state index contributed by atoms with van der Waals surface area (Å²) in [6.07, 6.45) is 0. The molecule has 0 aromatic carbocycles. The largest absolute Gasteiger partial charge is 0.463 e. The highest BCUT2D eigenvalue weighted by atomic mass is 32.2. The summed E-state index contributed by atoms with van der Waals surface area (Å²) in [5, 5.41) is 11.1. The lowest BCUT2D eigenvalue weighted by Crippen LogP contribution is -2.08. The molecule has 0 fully saturated rings. The van der Waals surface area contributed by atoms with Gasteiger partial charge in [-0.15, -0.1) is 21.5 Å². The van der Waals surface area contributed by atoms with E-state index in [4.69, 9.17) is 9.15 Å². The van der Waals surface area contributed by atoms with E-state index in [1.54, 1.807) is 24.3 Å². The average Bonchev–Trinajstić information content (AvgIpc) is 3.42. The minimum Gasteiger partial charge on any atom is -0.463 e. The smallest absolute Gasteiger partial charge is 0.374 e. The number of ether oxygens (including phenoxy) is 2. The summed E-state index contributed by atoms with van der Waals surface area (Å²) in [5.41, 5.74) is 0.629. The maximum absolute atomic E-state index is 12.1. The molecule has 0 aliphatic carbocycles. The Morgan fingerprint density at radius 2 is 2.18 bits per heavy atom. The van der Waals surface area contributed by atoms with E-state index < -0.39 is 11.9 Å². The van der Waals surface area contributed by atoms with E-state index in [0.717, 1.165) is 10.7 Å². The van der Waals surface area contributed by atoms with Crippen LogP contribution in [0, 0.1) is 6.92 Å². The number of thiophene rings is 1. The molecule has 0 radical (unpaired) electrons. The Morgan fingerprint density at radius 1 is 1.36 bits per heavy atom. The van der Waals surface area contributed by atoms with Crippen LogP contribution in [0.15, 0.2) is 33.2 Å². The number of furan rings is 1. The zero-order valence-corrected chi connectivity index (χ0v) is 17.3. The quantitative estimate of drug-likeness (QED) is 0.402. The molecule has 0 atom stereocenters. The Balaban J connectivity index is 1.56. The Kier molecular flexibility index (Phi) is 6.53. The number of carbonyl (C=O) groups is 2. The SMILES string of the molecule is CCn1c(SCC(=O)OCc2cc(C)c(C(=O)OC)o2)nnc1-c1cccs1. The molecule has 28 heavy (non-hydrogen) atoms. The summed E-state index contributed by atoms with van der Waals surface area (Å²) in [6, 6.07) is 5.59. The Bertz CT molecular complexity index is 962. The van der Waals surface area contributed by atoms with Gasteiger partial charge >= 0.3 is 11.9 Å². The Morgan fingerprint density at radius 3 is 2.86 bits per heavy atom. The average molecular weight is 422 g/mol. The molecule has 8 nitrogen and oxygen atoms in total. The molecule has 0 N–H and O–H groups in total. The number of aromatic nitrogens is 3. The van der Waals surface area contributed by atoms with Gasteiger partial charge in [0.15, 0.2) is 11.0 Å². The second-order valence-corrected chi connectivity index (χ2v) is 7.58. The number of methoxy groups -OCH3 is 1. The molecule has 3 aromatic heterocycles. The fraction of sp³-hybridized carbons (Fsp3) is 0.333. The standard InChI is InChI=1S/C18H19N3O5S2/c1-4-21-16(13-6-5-7-27-13)19-20-18(21)28-10-14(22)25-9-12-8-11(2)15(26-12)17(23)24-3/h5-8H,4,9-10H2,1-3H3.